The van der Waals surface area contributed by atoms with Crippen LogP contribution in [0.5, 0.6) is 5.75 Å². The maximum Gasteiger partial charge on any atom is 0.264 e. The molecule has 0 aliphatic carbocycles. The minimum Gasteiger partial charge on any atom is -0.491 e. The van der Waals surface area contributed by atoms with E-state index < -0.39 is 36.4 Å². The van der Waals surface area contributed by atoms with E-state index in [4.69, 9.17) is 9.84 Å². The summed E-state index contributed by atoms with van der Waals surface area (Å²) >= 11 is 0. The molecular formula is C23H19F3N4O4. The monoisotopic (exact) mass is 472 g/mol. The maximum absolute atomic E-state index is 13.8. The number of carbonyl (C=O) groups is 1. The Morgan fingerprint density at radius 1 is 1.18 bits per heavy atom. The zero-order valence-electron chi connectivity index (χ0n) is 17.5. The van der Waals surface area contributed by atoms with Crippen molar-refractivity contribution in [2.24, 2.45) is 0 Å². The van der Waals surface area contributed by atoms with Crippen molar-refractivity contribution in [1.29, 1.82) is 0 Å². The Labute approximate surface area is 191 Å². The summed E-state index contributed by atoms with van der Waals surface area (Å²) in [7, 11) is 0. The Morgan fingerprint density at radius 2 is 2.00 bits per heavy atom. The van der Waals surface area contributed by atoms with E-state index in [1.54, 1.807) is 18.2 Å². The van der Waals surface area contributed by atoms with Crippen molar-refractivity contribution < 1.29 is 32.9 Å². The van der Waals surface area contributed by atoms with Crippen LogP contribution in [0.25, 0.3) is 22.4 Å². The summed E-state index contributed by atoms with van der Waals surface area (Å²) in [6.07, 6.45) is -1.23. The second-order valence-corrected chi connectivity index (χ2v) is 7.33. The Bertz CT molecular complexity index is 1330. The predicted molar refractivity (Wildman–Crippen MR) is 117 cm³/mol. The Kier molecular flexibility index (Phi) is 6.75. The fourth-order valence-electron chi connectivity index (χ4n) is 3.26. The number of pyridine rings is 1. The van der Waals surface area contributed by atoms with Gasteiger partial charge in [-0.3, -0.25) is 9.78 Å². The third-order valence-corrected chi connectivity index (χ3v) is 4.89. The normalized spacial score (nSPS) is 12.2. The first kappa shape index (κ1) is 23.2. The molecule has 0 saturated carbocycles. The number of nitrogens with zero attached hydrogens (tertiary/aromatic N) is 2. The maximum atomic E-state index is 13.8. The number of hydrogen-bond donors (Lipinski definition) is 4. The Morgan fingerprint density at radius 3 is 2.76 bits per heavy atom. The van der Waals surface area contributed by atoms with Crippen LogP contribution in [-0.4, -0.2) is 50.4 Å². The van der Waals surface area contributed by atoms with Gasteiger partial charge >= 0.3 is 0 Å². The standard InChI is InChI=1S/C23H19F3N4O4/c24-12-4-5-16(21(25)26)17(6-12)22-29-19-9-27-8-18(20(19)30-22)23(33)28-13-2-1-3-15(7-13)34-11-14(32)10-31/h1-9,14,21,31-32H,10-11H2,(H,28,33)(H,29,30)/t14-/m1/s1. The van der Waals surface area contributed by atoms with Gasteiger partial charge in [-0.2, -0.15) is 0 Å². The first-order valence-electron chi connectivity index (χ1n) is 10.1. The second-order valence-electron chi connectivity index (χ2n) is 7.33. The topological polar surface area (TPSA) is 120 Å². The number of halogens is 3. The number of benzene rings is 2. The Balaban J connectivity index is 1.62. The number of carbonyl (C=O) groups excluding carboxylic acids is 1. The van der Waals surface area contributed by atoms with Crippen LogP contribution in [0.4, 0.5) is 18.9 Å². The minimum absolute atomic E-state index is 0.0234. The average molecular weight is 472 g/mol. The van der Waals surface area contributed by atoms with Crippen molar-refractivity contribution in [3.8, 4) is 17.1 Å². The van der Waals surface area contributed by atoms with Crippen LogP contribution in [0.3, 0.4) is 0 Å². The van der Waals surface area contributed by atoms with Crippen LogP contribution in [0.2, 0.25) is 0 Å². The number of nitrogens with one attached hydrogen (secondary N) is 2. The van der Waals surface area contributed by atoms with E-state index >= 15 is 0 Å². The largest absolute Gasteiger partial charge is 0.491 e. The lowest BCUT2D eigenvalue weighted by Crippen LogP contribution is -2.21. The molecule has 0 radical (unpaired) electrons. The number of aromatic nitrogens is 3. The fraction of sp³-hybridized carbons (Fsp3) is 0.174. The van der Waals surface area contributed by atoms with Crippen molar-refractivity contribution in [3.63, 3.8) is 0 Å². The third kappa shape index (κ3) is 5.00. The molecule has 11 heteroatoms. The molecule has 0 unspecified atom stereocenters. The molecule has 1 amide bonds. The molecule has 2 heterocycles. The van der Waals surface area contributed by atoms with Gasteiger partial charge in [0.2, 0.25) is 0 Å². The van der Waals surface area contributed by atoms with Crippen molar-refractivity contribution in [2.75, 3.05) is 18.5 Å². The quantitative estimate of drug-likeness (QED) is 0.311. The van der Waals surface area contributed by atoms with Crippen LogP contribution >= 0.6 is 0 Å². The summed E-state index contributed by atoms with van der Waals surface area (Å²) in [5.41, 5.74) is 0.401. The molecule has 4 N–H and O–H groups in total. The molecule has 0 spiro atoms. The van der Waals surface area contributed by atoms with Crippen molar-refractivity contribution in [3.05, 3.63) is 71.8 Å². The highest BCUT2D eigenvalue weighted by Crippen LogP contribution is 2.32. The second kappa shape index (κ2) is 9.89. The van der Waals surface area contributed by atoms with Crippen molar-refractivity contribution in [2.45, 2.75) is 12.5 Å². The van der Waals surface area contributed by atoms with Gasteiger partial charge in [0, 0.05) is 29.1 Å². The molecule has 1 atom stereocenters. The van der Waals surface area contributed by atoms with E-state index in [0.717, 1.165) is 18.2 Å². The summed E-state index contributed by atoms with van der Waals surface area (Å²) in [5.74, 6) is -0.944. The molecule has 34 heavy (non-hydrogen) atoms. The SMILES string of the molecule is O=C(Nc1cccc(OC[C@H](O)CO)c1)c1cncc2[nH]c(-c3cc(F)ccc3C(F)F)nc12. The first-order valence-corrected chi connectivity index (χ1v) is 10.1. The smallest absolute Gasteiger partial charge is 0.264 e. The van der Waals surface area contributed by atoms with E-state index in [0.29, 0.717) is 17.0 Å². The number of aliphatic hydroxyl groups is 2. The molecule has 176 valence electrons. The third-order valence-electron chi connectivity index (χ3n) is 4.89. The summed E-state index contributed by atoms with van der Waals surface area (Å²) in [5, 5.41) is 21.0. The highest BCUT2D eigenvalue weighted by atomic mass is 19.3. The summed E-state index contributed by atoms with van der Waals surface area (Å²) in [6.45, 7) is -0.582. The van der Waals surface area contributed by atoms with Gasteiger partial charge in [-0.1, -0.05) is 6.07 Å². The van der Waals surface area contributed by atoms with Gasteiger partial charge in [0.15, 0.2) is 0 Å². The van der Waals surface area contributed by atoms with Gasteiger partial charge in [0.05, 0.1) is 23.9 Å². The highest BCUT2D eigenvalue weighted by molar-refractivity contribution is 6.11. The highest BCUT2D eigenvalue weighted by Gasteiger charge is 2.20. The van der Waals surface area contributed by atoms with Crippen LogP contribution in [0.15, 0.2) is 54.9 Å². The zero-order valence-corrected chi connectivity index (χ0v) is 17.5. The molecule has 2 aromatic carbocycles. The summed E-state index contributed by atoms with van der Waals surface area (Å²) in [6, 6.07) is 9.25. The van der Waals surface area contributed by atoms with E-state index in [1.165, 1.54) is 18.5 Å². The number of imidazole rings is 1. The lowest BCUT2D eigenvalue weighted by Gasteiger charge is -2.11. The lowest BCUT2D eigenvalue weighted by atomic mass is 10.1. The number of alkyl halides is 2. The molecule has 4 aromatic rings. The summed E-state index contributed by atoms with van der Waals surface area (Å²) in [4.78, 5) is 24.0. The van der Waals surface area contributed by atoms with Crippen LogP contribution < -0.4 is 10.1 Å². The van der Waals surface area contributed by atoms with E-state index in [-0.39, 0.29) is 29.1 Å². The van der Waals surface area contributed by atoms with Gasteiger partial charge in [0.1, 0.15) is 35.6 Å². The van der Waals surface area contributed by atoms with Gasteiger partial charge in [-0.05, 0) is 30.3 Å². The molecule has 0 aliphatic rings. The molecular weight excluding hydrogens is 453 g/mol. The number of anilines is 1. The lowest BCUT2D eigenvalue weighted by molar-refractivity contribution is 0.0536. The number of ether oxygens (including phenoxy) is 1. The number of rotatable bonds is 8. The number of aliphatic hydroxyl groups excluding tert-OH is 2. The molecule has 8 nitrogen and oxygen atoms in total. The van der Waals surface area contributed by atoms with Crippen molar-refractivity contribution >= 4 is 22.6 Å². The molecule has 0 aliphatic heterocycles. The summed E-state index contributed by atoms with van der Waals surface area (Å²) < 4.78 is 46.0. The van der Waals surface area contributed by atoms with E-state index in [2.05, 4.69) is 20.3 Å². The number of amides is 1. The molecule has 0 fully saturated rings. The Hall–Kier alpha value is -3.96. The van der Waals surface area contributed by atoms with Gasteiger partial charge in [0.25, 0.3) is 12.3 Å². The van der Waals surface area contributed by atoms with Crippen LogP contribution in [0.1, 0.15) is 22.3 Å². The average Bonchev–Trinajstić information content (AvgIpc) is 3.27. The van der Waals surface area contributed by atoms with Crippen molar-refractivity contribution in [1.82, 2.24) is 15.0 Å². The number of fused-ring (bicyclic) bond motifs is 1. The van der Waals surface area contributed by atoms with Crippen LogP contribution in [0, 0.1) is 5.82 Å². The minimum atomic E-state index is -2.85. The van der Waals surface area contributed by atoms with E-state index in [1.807, 2.05) is 0 Å². The van der Waals surface area contributed by atoms with Crippen LogP contribution in [-0.2, 0) is 0 Å². The first-order chi connectivity index (χ1) is 16.4. The number of aromatic amines is 1. The molecule has 0 saturated heterocycles. The molecule has 0 bridgehead atoms. The van der Waals surface area contributed by atoms with Gasteiger partial charge in [-0.15, -0.1) is 0 Å². The zero-order chi connectivity index (χ0) is 24.2. The number of hydrogen-bond acceptors (Lipinski definition) is 6. The number of H-pyrrole nitrogens is 1. The van der Waals surface area contributed by atoms with Gasteiger partial charge < -0.3 is 25.3 Å². The fourth-order valence-corrected chi connectivity index (χ4v) is 3.26. The van der Waals surface area contributed by atoms with Gasteiger partial charge in [-0.25, -0.2) is 18.2 Å². The predicted octanol–water partition coefficient (Wildman–Crippen LogP) is 3.69. The van der Waals surface area contributed by atoms with E-state index in [9.17, 15) is 23.1 Å². The molecule has 2 aromatic heterocycles. The molecule has 4 rings (SSSR count).